The largest absolute Gasteiger partial charge is 0.466 e. The number of hydrogen-bond acceptors (Lipinski definition) is 4. The number of nitrogens with one attached hydrogen (secondary N) is 1. The summed E-state index contributed by atoms with van der Waals surface area (Å²) in [6.45, 7) is 5.30. The van der Waals surface area contributed by atoms with E-state index in [0.29, 0.717) is 24.2 Å². The molecule has 1 heterocycles. The fourth-order valence-electron chi connectivity index (χ4n) is 3.05. The van der Waals surface area contributed by atoms with Crippen molar-refractivity contribution >= 4 is 5.91 Å². The summed E-state index contributed by atoms with van der Waals surface area (Å²) in [6.07, 6.45) is 3.00. The number of carbonyl (C=O) groups is 1. The number of nitriles is 1. The van der Waals surface area contributed by atoms with E-state index in [2.05, 4.69) is 11.4 Å². The van der Waals surface area contributed by atoms with Crippen molar-refractivity contribution in [2.75, 3.05) is 6.54 Å². The highest BCUT2D eigenvalue weighted by Gasteiger charge is 2.42. The van der Waals surface area contributed by atoms with E-state index in [1.54, 1.807) is 19.9 Å². The quantitative estimate of drug-likeness (QED) is 0.891. The molecule has 0 bridgehead atoms. The molecule has 1 atom stereocenters. The Balaban J connectivity index is 2.07. The third-order valence-electron chi connectivity index (χ3n) is 4.32. The van der Waals surface area contributed by atoms with Crippen molar-refractivity contribution in [2.24, 2.45) is 5.41 Å². The number of nitrogens with zero attached hydrogens (tertiary/aromatic N) is 1. The summed E-state index contributed by atoms with van der Waals surface area (Å²) in [5.41, 5.74) is -1.47. The van der Waals surface area contributed by atoms with Crippen LogP contribution in [0.5, 0.6) is 0 Å². The van der Waals surface area contributed by atoms with Crippen LogP contribution in [0, 0.1) is 30.6 Å². The standard InChI is InChI=1S/C16H22N2O3/c1-11-8-13(12(2)21-11)15(3,20)10-18-14(19)16(9-17)6-4-5-7-16/h8,20H,4-7,10H2,1-3H3,(H,18,19). The van der Waals surface area contributed by atoms with Gasteiger partial charge < -0.3 is 14.8 Å². The van der Waals surface area contributed by atoms with Crippen LogP contribution in [0.15, 0.2) is 10.5 Å². The van der Waals surface area contributed by atoms with Crippen LogP contribution in [-0.2, 0) is 10.4 Å². The average Bonchev–Trinajstić information content (AvgIpc) is 3.03. The van der Waals surface area contributed by atoms with Crippen molar-refractivity contribution in [3.05, 3.63) is 23.2 Å². The molecule has 0 saturated heterocycles. The zero-order valence-electron chi connectivity index (χ0n) is 12.8. The Hall–Kier alpha value is -1.80. The molecule has 5 nitrogen and oxygen atoms in total. The zero-order chi connectivity index (χ0) is 15.7. The molecule has 1 aliphatic carbocycles. The van der Waals surface area contributed by atoms with Gasteiger partial charge in [-0.1, -0.05) is 12.8 Å². The maximum atomic E-state index is 12.3. The lowest BCUT2D eigenvalue weighted by Crippen LogP contribution is -2.44. The number of aryl methyl sites for hydroxylation is 2. The Morgan fingerprint density at radius 1 is 1.52 bits per heavy atom. The maximum absolute atomic E-state index is 12.3. The fourth-order valence-corrected chi connectivity index (χ4v) is 3.05. The molecule has 2 rings (SSSR count). The van der Waals surface area contributed by atoms with E-state index in [0.717, 1.165) is 18.6 Å². The lowest BCUT2D eigenvalue weighted by Gasteiger charge is -2.26. The molecule has 1 unspecified atom stereocenters. The second-order valence-corrected chi connectivity index (χ2v) is 6.18. The third-order valence-corrected chi connectivity index (χ3v) is 4.32. The Morgan fingerprint density at radius 2 is 2.14 bits per heavy atom. The number of hydrogen-bond donors (Lipinski definition) is 2. The SMILES string of the molecule is Cc1cc(C(C)(O)CNC(=O)C2(C#N)CCCC2)c(C)o1. The molecule has 5 heteroatoms. The van der Waals surface area contributed by atoms with Gasteiger partial charge in [0.15, 0.2) is 0 Å². The van der Waals surface area contributed by atoms with Gasteiger partial charge in [-0.3, -0.25) is 4.79 Å². The fraction of sp³-hybridized carbons (Fsp3) is 0.625. The van der Waals surface area contributed by atoms with E-state index in [-0.39, 0.29) is 12.5 Å². The molecule has 0 spiro atoms. The molecule has 1 fully saturated rings. The minimum atomic E-state index is -1.22. The predicted molar refractivity (Wildman–Crippen MR) is 77.3 cm³/mol. The first-order valence-electron chi connectivity index (χ1n) is 7.30. The van der Waals surface area contributed by atoms with Gasteiger partial charge in [-0.15, -0.1) is 0 Å². The molecule has 1 amide bonds. The Morgan fingerprint density at radius 3 is 2.62 bits per heavy atom. The molecule has 1 aliphatic rings. The minimum Gasteiger partial charge on any atom is -0.466 e. The summed E-state index contributed by atoms with van der Waals surface area (Å²) >= 11 is 0. The normalized spacial score (nSPS) is 19.8. The van der Waals surface area contributed by atoms with Crippen molar-refractivity contribution in [3.8, 4) is 6.07 Å². The lowest BCUT2D eigenvalue weighted by molar-refractivity contribution is -0.129. The second-order valence-electron chi connectivity index (χ2n) is 6.18. The van der Waals surface area contributed by atoms with E-state index in [1.165, 1.54) is 0 Å². The molecule has 1 saturated carbocycles. The van der Waals surface area contributed by atoms with Gasteiger partial charge in [-0.2, -0.15) is 5.26 Å². The van der Waals surface area contributed by atoms with Crippen molar-refractivity contribution in [3.63, 3.8) is 0 Å². The monoisotopic (exact) mass is 290 g/mol. The summed E-state index contributed by atoms with van der Waals surface area (Å²) < 4.78 is 5.42. The molecule has 0 aromatic carbocycles. The van der Waals surface area contributed by atoms with Crippen molar-refractivity contribution in [1.29, 1.82) is 5.26 Å². The zero-order valence-corrected chi connectivity index (χ0v) is 12.8. The Kier molecular flexibility index (Phi) is 4.11. The number of furan rings is 1. The van der Waals surface area contributed by atoms with Gasteiger partial charge >= 0.3 is 0 Å². The van der Waals surface area contributed by atoms with Crippen LogP contribution in [0.1, 0.15) is 49.7 Å². The number of rotatable bonds is 4. The molecule has 0 aliphatic heterocycles. The molecule has 21 heavy (non-hydrogen) atoms. The van der Waals surface area contributed by atoms with Gasteiger partial charge in [0.05, 0.1) is 12.6 Å². The lowest BCUT2D eigenvalue weighted by atomic mass is 9.86. The highest BCUT2D eigenvalue weighted by Crippen LogP contribution is 2.37. The Bertz CT molecular complexity index is 575. The molecule has 2 N–H and O–H groups in total. The summed E-state index contributed by atoms with van der Waals surface area (Å²) in [5.74, 6) is 1.08. The van der Waals surface area contributed by atoms with Gasteiger partial charge in [-0.25, -0.2) is 0 Å². The summed E-state index contributed by atoms with van der Waals surface area (Å²) in [5, 5.41) is 22.6. The van der Waals surface area contributed by atoms with Crippen LogP contribution in [-0.4, -0.2) is 17.6 Å². The van der Waals surface area contributed by atoms with Gasteiger partial charge in [0, 0.05) is 5.56 Å². The third kappa shape index (κ3) is 2.96. The van der Waals surface area contributed by atoms with Gasteiger partial charge in [0.2, 0.25) is 5.91 Å². The van der Waals surface area contributed by atoms with E-state index in [4.69, 9.17) is 4.42 Å². The molecular formula is C16H22N2O3. The highest BCUT2D eigenvalue weighted by molar-refractivity contribution is 5.85. The summed E-state index contributed by atoms with van der Waals surface area (Å²) in [6, 6.07) is 3.93. The van der Waals surface area contributed by atoms with E-state index in [9.17, 15) is 15.2 Å². The second kappa shape index (κ2) is 5.53. The van der Waals surface area contributed by atoms with Crippen molar-refractivity contribution < 1.29 is 14.3 Å². The molecule has 0 radical (unpaired) electrons. The molecule has 114 valence electrons. The summed E-state index contributed by atoms with van der Waals surface area (Å²) in [7, 11) is 0. The van der Waals surface area contributed by atoms with Crippen LogP contribution in [0.25, 0.3) is 0 Å². The number of carbonyl (C=O) groups excluding carboxylic acids is 1. The topological polar surface area (TPSA) is 86.3 Å². The van der Waals surface area contributed by atoms with Gasteiger partial charge in [-0.05, 0) is 39.7 Å². The Labute approximate surface area is 124 Å². The molecule has 1 aromatic heterocycles. The van der Waals surface area contributed by atoms with Crippen LogP contribution in [0.2, 0.25) is 0 Å². The summed E-state index contributed by atoms with van der Waals surface area (Å²) in [4.78, 5) is 12.3. The van der Waals surface area contributed by atoms with Crippen LogP contribution >= 0.6 is 0 Å². The van der Waals surface area contributed by atoms with Gasteiger partial charge in [0.25, 0.3) is 0 Å². The van der Waals surface area contributed by atoms with E-state index < -0.39 is 11.0 Å². The van der Waals surface area contributed by atoms with Crippen LogP contribution < -0.4 is 5.32 Å². The average molecular weight is 290 g/mol. The first kappa shape index (κ1) is 15.6. The highest BCUT2D eigenvalue weighted by atomic mass is 16.3. The first-order chi connectivity index (χ1) is 9.81. The smallest absolute Gasteiger partial charge is 0.240 e. The van der Waals surface area contributed by atoms with Crippen molar-refractivity contribution in [2.45, 2.75) is 52.1 Å². The molecular weight excluding hydrogens is 268 g/mol. The van der Waals surface area contributed by atoms with E-state index in [1.807, 2.05) is 6.92 Å². The molecule has 1 aromatic rings. The minimum absolute atomic E-state index is 0.0646. The van der Waals surface area contributed by atoms with Gasteiger partial charge in [0.1, 0.15) is 22.5 Å². The van der Waals surface area contributed by atoms with Crippen molar-refractivity contribution in [1.82, 2.24) is 5.32 Å². The van der Waals surface area contributed by atoms with Crippen LogP contribution in [0.4, 0.5) is 0 Å². The predicted octanol–water partition coefficient (Wildman–Crippen LogP) is 2.30. The first-order valence-corrected chi connectivity index (χ1v) is 7.30. The number of aliphatic hydroxyl groups is 1. The maximum Gasteiger partial charge on any atom is 0.240 e. The van der Waals surface area contributed by atoms with E-state index >= 15 is 0 Å². The van der Waals surface area contributed by atoms with Crippen LogP contribution in [0.3, 0.4) is 0 Å². The number of amides is 1.